The average molecular weight is 295 g/mol. The van der Waals surface area contributed by atoms with E-state index in [2.05, 4.69) is 24.3 Å². The van der Waals surface area contributed by atoms with Crippen LogP contribution in [-0.2, 0) is 6.54 Å². The smallest absolute Gasteiger partial charge is 0.173 e. The summed E-state index contributed by atoms with van der Waals surface area (Å²) in [6, 6.07) is 5.55. The van der Waals surface area contributed by atoms with Crippen LogP contribution in [0.15, 0.2) is 23.4 Å². The zero-order valence-electron chi connectivity index (χ0n) is 12.8. The maximum absolute atomic E-state index is 9.36. The van der Waals surface area contributed by atoms with Crippen LogP contribution in [0.25, 0.3) is 0 Å². The Hall–Kier alpha value is -1.79. The molecule has 6 heteroatoms. The van der Waals surface area contributed by atoms with E-state index in [-0.39, 0.29) is 18.5 Å². The van der Waals surface area contributed by atoms with Gasteiger partial charge >= 0.3 is 0 Å². The molecule has 0 aliphatic heterocycles. The van der Waals surface area contributed by atoms with Gasteiger partial charge in [-0.3, -0.25) is 0 Å². The van der Waals surface area contributed by atoms with Crippen LogP contribution in [0, 0.1) is 5.92 Å². The van der Waals surface area contributed by atoms with Crippen LogP contribution in [0.5, 0.6) is 5.75 Å². The number of methoxy groups -OCH3 is 1. The van der Waals surface area contributed by atoms with Crippen molar-refractivity contribution in [3.8, 4) is 5.75 Å². The van der Waals surface area contributed by atoms with Gasteiger partial charge in [-0.05, 0) is 30.0 Å². The van der Waals surface area contributed by atoms with Crippen LogP contribution in [0.4, 0.5) is 0 Å². The van der Waals surface area contributed by atoms with Crippen molar-refractivity contribution >= 4 is 5.84 Å². The first-order valence-electron chi connectivity index (χ1n) is 7.00. The molecule has 0 aliphatic rings. The molecule has 0 aliphatic carbocycles. The van der Waals surface area contributed by atoms with Gasteiger partial charge in [0.05, 0.1) is 19.3 Å². The second-order valence-electron chi connectivity index (χ2n) is 5.41. The van der Waals surface area contributed by atoms with Gasteiger partial charge in [0.15, 0.2) is 5.84 Å². The molecular formula is C15H25N3O3. The second kappa shape index (κ2) is 8.49. The summed E-state index contributed by atoms with van der Waals surface area (Å²) in [4.78, 5) is 0. The Morgan fingerprint density at radius 2 is 2.14 bits per heavy atom. The lowest BCUT2D eigenvalue weighted by Gasteiger charge is -2.18. The van der Waals surface area contributed by atoms with E-state index in [9.17, 15) is 5.11 Å². The fourth-order valence-corrected chi connectivity index (χ4v) is 2.17. The third-order valence-electron chi connectivity index (χ3n) is 3.22. The van der Waals surface area contributed by atoms with Crippen molar-refractivity contribution in [2.45, 2.75) is 32.9 Å². The highest BCUT2D eigenvalue weighted by atomic mass is 16.5. The summed E-state index contributed by atoms with van der Waals surface area (Å²) >= 11 is 0. The van der Waals surface area contributed by atoms with Gasteiger partial charge in [0, 0.05) is 12.6 Å². The summed E-state index contributed by atoms with van der Waals surface area (Å²) in [5.41, 5.74) is 7.16. The van der Waals surface area contributed by atoms with Crippen LogP contribution in [0.2, 0.25) is 0 Å². The molecule has 0 fully saturated rings. The van der Waals surface area contributed by atoms with Crippen molar-refractivity contribution in [2.75, 3.05) is 13.7 Å². The van der Waals surface area contributed by atoms with Crippen molar-refractivity contribution in [1.82, 2.24) is 5.32 Å². The number of oxime groups is 1. The Morgan fingerprint density at radius 1 is 1.43 bits per heavy atom. The minimum atomic E-state index is 0.00888. The molecule has 0 saturated carbocycles. The molecule has 1 aromatic carbocycles. The number of hydrogen-bond donors (Lipinski definition) is 4. The van der Waals surface area contributed by atoms with E-state index in [4.69, 9.17) is 15.7 Å². The van der Waals surface area contributed by atoms with E-state index < -0.39 is 0 Å². The summed E-state index contributed by atoms with van der Waals surface area (Å²) in [5, 5.41) is 24.5. The molecule has 0 amide bonds. The maximum Gasteiger partial charge on any atom is 0.173 e. The minimum Gasteiger partial charge on any atom is -0.496 e. The van der Waals surface area contributed by atoms with E-state index in [0.717, 1.165) is 12.0 Å². The van der Waals surface area contributed by atoms with E-state index in [0.29, 0.717) is 23.8 Å². The van der Waals surface area contributed by atoms with E-state index in [1.807, 2.05) is 12.1 Å². The minimum absolute atomic E-state index is 0.00888. The molecule has 0 spiro atoms. The third-order valence-corrected chi connectivity index (χ3v) is 3.22. The highest BCUT2D eigenvalue weighted by Gasteiger charge is 2.12. The number of nitrogens with zero attached hydrogens (tertiary/aromatic N) is 1. The lowest BCUT2D eigenvalue weighted by atomic mass is 10.0. The largest absolute Gasteiger partial charge is 0.496 e. The molecule has 1 atom stereocenters. The predicted octanol–water partition coefficient (Wildman–Crippen LogP) is 1.29. The number of rotatable bonds is 8. The lowest BCUT2D eigenvalue weighted by Crippen LogP contribution is -2.33. The molecule has 0 radical (unpaired) electrons. The molecule has 1 aromatic rings. The molecule has 1 rings (SSSR count). The summed E-state index contributed by atoms with van der Waals surface area (Å²) in [7, 11) is 1.53. The molecule has 118 valence electrons. The standard InChI is InChI=1S/C15H25N3O3/c1-10(2)6-12(9-19)17-8-11-4-5-14(21-3)13(7-11)15(16)18-20/h4-5,7,10,12,17,19-20H,6,8-9H2,1-3H3,(H2,16,18). The molecule has 5 N–H and O–H groups in total. The zero-order valence-corrected chi connectivity index (χ0v) is 12.8. The quantitative estimate of drug-likeness (QED) is 0.251. The summed E-state index contributed by atoms with van der Waals surface area (Å²) in [6.45, 7) is 4.93. The first-order chi connectivity index (χ1) is 10.0. The first kappa shape index (κ1) is 17.3. The van der Waals surface area contributed by atoms with Gasteiger partial charge in [0.25, 0.3) is 0 Å². The Kier molecular flexibility index (Phi) is 6.98. The van der Waals surface area contributed by atoms with E-state index in [1.54, 1.807) is 6.07 Å². The van der Waals surface area contributed by atoms with Crippen LogP contribution < -0.4 is 15.8 Å². The van der Waals surface area contributed by atoms with Gasteiger partial charge in [-0.15, -0.1) is 0 Å². The number of nitrogens with one attached hydrogen (secondary N) is 1. The maximum atomic E-state index is 9.36. The number of nitrogens with two attached hydrogens (primary N) is 1. The van der Waals surface area contributed by atoms with Gasteiger partial charge in [-0.1, -0.05) is 25.1 Å². The van der Waals surface area contributed by atoms with Gasteiger partial charge < -0.3 is 26.1 Å². The molecular weight excluding hydrogens is 270 g/mol. The Morgan fingerprint density at radius 3 is 2.67 bits per heavy atom. The second-order valence-corrected chi connectivity index (χ2v) is 5.41. The zero-order chi connectivity index (χ0) is 15.8. The number of ether oxygens (including phenoxy) is 1. The van der Waals surface area contributed by atoms with Crippen LogP contribution in [-0.4, -0.2) is 35.9 Å². The Bertz CT molecular complexity index is 475. The number of amidine groups is 1. The number of aliphatic hydroxyl groups excluding tert-OH is 1. The van der Waals surface area contributed by atoms with Crippen molar-refractivity contribution < 1.29 is 15.1 Å². The Balaban J connectivity index is 2.80. The van der Waals surface area contributed by atoms with Crippen molar-refractivity contribution in [3.63, 3.8) is 0 Å². The molecule has 6 nitrogen and oxygen atoms in total. The summed E-state index contributed by atoms with van der Waals surface area (Å²) in [5.74, 6) is 1.07. The first-order valence-corrected chi connectivity index (χ1v) is 7.00. The van der Waals surface area contributed by atoms with Crippen molar-refractivity contribution in [2.24, 2.45) is 16.8 Å². The van der Waals surface area contributed by atoms with E-state index in [1.165, 1.54) is 7.11 Å². The van der Waals surface area contributed by atoms with E-state index >= 15 is 0 Å². The predicted molar refractivity (Wildman–Crippen MR) is 82.7 cm³/mol. The molecule has 0 aromatic heterocycles. The molecule has 0 heterocycles. The number of aliphatic hydroxyl groups is 1. The van der Waals surface area contributed by atoms with Crippen LogP contribution in [0.1, 0.15) is 31.4 Å². The molecule has 0 saturated heterocycles. The highest BCUT2D eigenvalue weighted by Crippen LogP contribution is 2.20. The molecule has 0 bridgehead atoms. The fraction of sp³-hybridized carbons (Fsp3) is 0.533. The highest BCUT2D eigenvalue weighted by molar-refractivity contribution is 5.99. The normalized spacial score (nSPS) is 13.5. The average Bonchev–Trinajstić information content (AvgIpc) is 2.49. The fourth-order valence-electron chi connectivity index (χ4n) is 2.17. The monoisotopic (exact) mass is 295 g/mol. The van der Waals surface area contributed by atoms with Gasteiger partial charge in [-0.25, -0.2) is 0 Å². The van der Waals surface area contributed by atoms with Crippen molar-refractivity contribution in [1.29, 1.82) is 0 Å². The van der Waals surface area contributed by atoms with Crippen LogP contribution in [0.3, 0.4) is 0 Å². The molecule has 21 heavy (non-hydrogen) atoms. The number of benzene rings is 1. The Labute approximate surface area is 125 Å². The van der Waals surface area contributed by atoms with Crippen molar-refractivity contribution in [3.05, 3.63) is 29.3 Å². The number of hydrogen-bond acceptors (Lipinski definition) is 5. The van der Waals surface area contributed by atoms with Crippen LogP contribution >= 0.6 is 0 Å². The molecule has 1 unspecified atom stereocenters. The summed E-state index contributed by atoms with van der Waals surface area (Å²) < 4.78 is 5.19. The van der Waals surface area contributed by atoms with Gasteiger partial charge in [0.2, 0.25) is 0 Å². The third kappa shape index (κ3) is 5.24. The van der Waals surface area contributed by atoms with Gasteiger partial charge in [0.1, 0.15) is 5.75 Å². The lowest BCUT2D eigenvalue weighted by molar-refractivity contribution is 0.223. The SMILES string of the molecule is COc1ccc(CNC(CO)CC(C)C)cc1C(N)=NO. The van der Waals surface area contributed by atoms with Gasteiger partial charge in [-0.2, -0.15) is 0 Å². The summed E-state index contributed by atoms with van der Waals surface area (Å²) in [6.07, 6.45) is 0.903. The topological polar surface area (TPSA) is 100 Å².